The molecule has 180 valence electrons. The fourth-order valence-corrected chi connectivity index (χ4v) is 3.85. The number of aliphatic hydroxyl groups is 2. The molecule has 0 unspecified atom stereocenters. The van der Waals surface area contributed by atoms with Crippen LogP contribution in [0, 0.1) is 0 Å². The lowest BCUT2D eigenvalue weighted by Gasteiger charge is -2.18. The second-order valence-corrected chi connectivity index (χ2v) is 7.93. The van der Waals surface area contributed by atoms with Crippen molar-refractivity contribution >= 4 is 11.6 Å². The van der Waals surface area contributed by atoms with Crippen LogP contribution in [0.5, 0.6) is 0 Å². The zero-order valence-corrected chi connectivity index (χ0v) is 19.2. The maximum absolute atomic E-state index is 12.9. The summed E-state index contributed by atoms with van der Waals surface area (Å²) >= 11 is 0. The van der Waals surface area contributed by atoms with Gasteiger partial charge in [0.25, 0.3) is 5.91 Å². The number of anilines is 1. The van der Waals surface area contributed by atoms with Crippen LogP contribution in [-0.4, -0.2) is 49.1 Å². The summed E-state index contributed by atoms with van der Waals surface area (Å²) in [6.07, 6.45) is 3.80. The van der Waals surface area contributed by atoms with Gasteiger partial charge in [-0.2, -0.15) is 0 Å². The Bertz CT molecular complexity index is 1230. The number of nitrogens with one attached hydrogen (secondary N) is 2. The maximum Gasteiger partial charge on any atom is 0.251 e. The number of amides is 1. The van der Waals surface area contributed by atoms with Crippen LogP contribution in [0.25, 0.3) is 11.4 Å². The highest BCUT2D eigenvalue weighted by Gasteiger charge is 2.16. The van der Waals surface area contributed by atoms with Crippen LogP contribution in [0.15, 0.2) is 79.1 Å². The van der Waals surface area contributed by atoms with Crippen LogP contribution >= 0.6 is 0 Å². The van der Waals surface area contributed by atoms with E-state index in [0.29, 0.717) is 36.7 Å². The zero-order chi connectivity index (χ0) is 24.5. The number of hydrogen-bond donors (Lipinski definition) is 4. The van der Waals surface area contributed by atoms with Gasteiger partial charge in [0.05, 0.1) is 19.2 Å². The summed E-state index contributed by atoms with van der Waals surface area (Å²) in [7, 11) is 0. The van der Waals surface area contributed by atoms with E-state index in [0.717, 1.165) is 16.8 Å². The third-order valence-corrected chi connectivity index (χ3v) is 5.59. The lowest BCUT2D eigenvalue weighted by molar-refractivity contribution is 0.0930. The average molecular weight is 473 g/mol. The highest BCUT2D eigenvalue weighted by Crippen LogP contribution is 2.20. The first-order valence-corrected chi connectivity index (χ1v) is 11.4. The molecule has 0 bridgehead atoms. The minimum absolute atomic E-state index is 0.0303. The second-order valence-electron chi connectivity index (χ2n) is 7.93. The third kappa shape index (κ3) is 6.08. The van der Waals surface area contributed by atoms with Crippen LogP contribution in [-0.2, 0) is 13.1 Å². The number of hydrogen-bond acceptors (Lipinski definition) is 7. The van der Waals surface area contributed by atoms with Gasteiger partial charge in [0.1, 0.15) is 0 Å². The number of aliphatic hydroxyl groups excluding tert-OH is 2. The van der Waals surface area contributed by atoms with Gasteiger partial charge in [-0.05, 0) is 42.3 Å². The standard InChI is InChI=1S/C26H28N6O3/c33-15-11-23(19-5-2-1-3-6-19)29-26(35)21-7-4-8-22(17-21)28-18-24-30-31-25(32(24)14-16-34)20-9-12-27-13-10-20/h1-10,12-13,17,23,28,33-34H,11,14-16,18H2,(H,29,35)/t23-/m1/s1. The van der Waals surface area contributed by atoms with Crippen molar-refractivity contribution in [3.63, 3.8) is 0 Å². The second kappa shape index (κ2) is 11.9. The van der Waals surface area contributed by atoms with E-state index in [1.54, 1.807) is 24.5 Å². The molecule has 35 heavy (non-hydrogen) atoms. The molecule has 0 saturated carbocycles. The Balaban J connectivity index is 1.46. The van der Waals surface area contributed by atoms with Crippen LogP contribution in [0.2, 0.25) is 0 Å². The fourth-order valence-electron chi connectivity index (χ4n) is 3.85. The summed E-state index contributed by atoms with van der Waals surface area (Å²) < 4.78 is 1.86. The normalized spacial score (nSPS) is 11.7. The van der Waals surface area contributed by atoms with Crippen LogP contribution in [0.3, 0.4) is 0 Å². The molecule has 0 saturated heterocycles. The molecule has 2 aromatic carbocycles. The number of carbonyl (C=O) groups is 1. The first-order valence-electron chi connectivity index (χ1n) is 11.4. The lowest BCUT2D eigenvalue weighted by Crippen LogP contribution is -2.29. The van der Waals surface area contributed by atoms with Crippen molar-refractivity contribution in [1.29, 1.82) is 0 Å². The number of carbonyl (C=O) groups excluding carboxylic acids is 1. The molecule has 0 aliphatic heterocycles. The van der Waals surface area contributed by atoms with Gasteiger partial charge in [-0.25, -0.2) is 0 Å². The molecule has 4 aromatic rings. The van der Waals surface area contributed by atoms with E-state index in [-0.39, 0.29) is 25.2 Å². The van der Waals surface area contributed by atoms with Crippen LogP contribution in [0.1, 0.15) is 34.2 Å². The first-order chi connectivity index (χ1) is 17.2. The lowest BCUT2D eigenvalue weighted by atomic mass is 10.0. The van der Waals surface area contributed by atoms with Crippen molar-refractivity contribution in [3.05, 3.63) is 96.1 Å². The predicted octanol–water partition coefficient (Wildman–Crippen LogP) is 2.80. The van der Waals surface area contributed by atoms with E-state index in [4.69, 9.17) is 0 Å². The summed E-state index contributed by atoms with van der Waals surface area (Å²) in [6.45, 7) is 0.642. The fraction of sp³-hybridized carbons (Fsp3) is 0.231. The van der Waals surface area contributed by atoms with Gasteiger partial charge in [0, 0.05) is 42.4 Å². The van der Waals surface area contributed by atoms with Gasteiger partial charge < -0.3 is 25.4 Å². The summed E-state index contributed by atoms with van der Waals surface area (Å²) in [5, 5.41) is 33.9. The van der Waals surface area contributed by atoms with E-state index in [1.165, 1.54) is 0 Å². The molecule has 0 fully saturated rings. The molecule has 0 spiro atoms. The SMILES string of the molecule is O=C(N[C@H](CCO)c1ccccc1)c1cccc(NCc2nnc(-c3ccncc3)n2CCO)c1. The van der Waals surface area contributed by atoms with Crippen LogP contribution < -0.4 is 10.6 Å². The highest BCUT2D eigenvalue weighted by atomic mass is 16.3. The summed E-state index contributed by atoms with van der Waals surface area (Å²) in [4.78, 5) is 17.0. The molecule has 9 heteroatoms. The Hall–Kier alpha value is -4.08. The molecule has 4 N–H and O–H groups in total. The van der Waals surface area contributed by atoms with Gasteiger partial charge in [-0.15, -0.1) is 10.2 Å². The van der Waals surface area contributed by atoms with Crippen molar-refractivity contribution in [3.8, 4) is 11.4 Å². The molecule has 2 aromatic heterocycles. The van der Waals surface area contributed by atoms with Crippen molar-refractivity contribution in [2.75, 3.05) is 18.5 Å². The molecule has 1 amide bonds. The minimum Gasteiger partial charge on any atom is -0.396 e. The Labute approximate surface area is 203 Å². The number of nitrogens with zero attached hydrogens (tertiary/aromatic N) is 4. The highest BCUT2D eigenvalue weighted by molar-refractivity contribution is 5.95. The first kappa shape index (κ1) is 24.1. The number of aromatic nitrogens is 4. The van der Waals surface area contributed by atoms with Gasteiger partial charge >= 0.3 is 0 Å². The van der Waals surface area contributed by atoms with Gasteiger partial charge in [-0.3, -0.25) is 9.78 Å². The molecule has 1 atom stereocenters. The Morgan fingerprint density at radius 2 is 1.74 bits per heavy atom. The summed E-state index contributed by atoms with van der Waals surface area (Å²) in [5.74, 6) is 1.09. The van der Waals surface area contributed by atoms with Gasteiger partial charge in [0.2, 0.25) is 0 Å². The minimum atomic E-state index is -0.283. The monoisotopic (exact) mass is 472 g/mol. The number of benzene rings is 2. The number of rotatable bonds is 11. The van der Waals surface area contributed by atoms with E-state index >= 15 is 0 Å². The molecular formula is C26H28N6O3. The Kier molecular flexibility index (Phi) is 8.16. The third-order valence-electron chi connectivity index (χ3n) is 5.59. The zero-order valence-electron chi connectivity index (χ0n) is 19.2. The van der Waals surface area contributed by atoms with Crippen LogP contribution in [0.4, 0.5) is 5.69 Å². The topological polar surface area (TPSA) is 125 Å². The van der Waals surface area contributed by atoms with E-state index in [2.05, 4.69) is 25.8 Å². The maximum atomic E-state index is 12.9. The molecule has 9 nitrogen and oxygen atoms in total. The smallest absolute Gasteiger partial charge is 0.251 e. The van der Waals surface area contributed by atoms with Crippen molar-refractivity contribution in [1.82, 2.24) is 25.1 Å². The van der Waals surface area contributed by atoms with E-state index in [1.807, 2.05) is 59.2 Å². The summed E-state index contributed by atoms with van der Waals surface area (Å²) in [5.41, 5.74) is 3.06. The van der Waals surface area contributed by atoms with Crippen molar-refractivity contribution in [2.45, 2.75) is 25.6 Å². The van der Waals surface area contributed by atoms with E-state index in [9.17, 15) is 15.0 Å². The molecule has 4 rings (SSSR count). The molecular weight excluding hydrogens is 444 g/mol. The molecule has 0 radical (unpaired) electrons. The van der Waals surface area contributed by atoms with Gasteiger partial charge in [-0.1, -0.05) is 36.4 Å². The molecule has 0 aliphatic carbocycles. The molecule has 0 aliphatic rings. The van der Waals surface area contributed by atoms with Crippen molar-refractivity contribution in [2.24, 2.45) is 0 Å². The number of pyridine rings is 1. The van der Waals surface area contributed by atoms with Gasteiger partial charge in [0.15, 0.2) is 11.6 Å². The predicted molar refractivity (Wildman–Crippen MR) is 132 cm³/mol. The quantitative estimate of drug-likeness (QED) is 0.264. The molecule has 2 heterocycles. The Morgan fingerprint density at radius 3 is 2.49 bits per heavy atom. The summed E-state index contributed by atoms with van der Waals surface area (Å²) in [6, 6.07) is 20.2. The van der Waals surface area contributed by atoms with E-state index < -0.39 is 0 Å². The average Bonchev–Trinajstić information content (AvgIpc) is 3.31. The Morgan fingerprint density at radius 1 is 0.943 bits per heavy atom. The van der Waals surface area contributed by atoms with Crippen molar-refractivity contribution < 1.29 is 15.0 Å². The largest absolute Gasteiger partial charge is 0.396 e.